The van der Waals surface area contributed by atoms with E-state index in [9.17, 15) is 14.4 Å². The van der Waals surface area contributed by atoms with Gasteiger partial charge >= 0.3 is 17.9 Å². The van der Waals surface area contributed by atoms with Crippen LogP contribution < -0.4 is 0 Å². The average molecular weight is 302 g/mol. The highest BCUT2D eigenvalue weighted by Gasteiger charge is 2.46. The van der Waals surface area contributed by atoms with Crippen molar-refractivity contribution in [3.63, 3.8) is 0 Å². The molecule has 5 atom stereocenters. The second-order valence-electron chi connectivity index (χ2n) is 5.19. The van der Waals surface area contributed by atoms with E-state index < -0.39 is 42.3 Å². The maximum Gasteiger partial charge on any atom is 0.303 e. The fourth-order valence-corrected chi connectivity index (χ4v) is 2.37. The molecule has 21 heavy (non-hydrogen) atoms. The summed E-state index contributed by atoms with van der Waals surface area (Å²) in [6, 6.07) is 0. The fraction of sp³-hybridized carbons (Fsp3) is 0.786. The van der Waals surface area contributed by atoms with E-state index in [2.05, 4.69) is 0 Å². The van der Waals surface area contributed by atoms with E-state index in [4.69, 9.17) is 18.9 Å². The van der Waals surface area contributed by atoms with Gasteiger partial charge in [0.1, 0.15) is 12.7 Å². The van der Waals surface area contributed by atoms with Crippen LogP contribution in [0.15, 0.2) is 0 Å². The smallest absolute Gasteiger partial charge is 0.303 e. The monoisotopic (exact) mass is 302 g/mol. The standard InChI is InChI=1S/C14H22O7/c1-7-12(6-18-9(3)15)19-8(2)14(21-11(5)17)13(7)20-10(4)16/h7-8,12-14H,6H2,1-5H3/t7-,8-,12-,13+,14?/m1/s1. The van der Waals surface area contributed by atoms with Gasteiger partial charge in [0.05, 0.1) is 12.2 Å². The average Bonchev–Trinajstić information content (AvgIpc) is 2.35. The molecule has 1 rings (SSSR count). The topological polar surface area (TPSA) is 88.1 Å². The molecule has 0 amide bonds. The number of ether oxygens (including phenoxy) is 4. The summed E-state index contributed by atoms with van der Waals surface area (Å²) >= 11 is 0. The predicted molar refractivity (Wildman–Crippen MR) is 71.2 cm³/mol. The Kier molecular flexibility index (Phi) is 6.14. The van der Waals surface area contributed by atoms with Crippen LogP contribution in [0.4, 0.5) is 0 Å². The molecule has 0 spiro atoms. The first-order valence-electron chi connectivity index (χ1n) is 6.85. The van der Waals surface area contributed by atoms with Gasteiger partial charge in [0.15, 0.2) is 6.10 Å². The van der Waals surface area contributed by atoms with Crippen molar-refractivity contribution >= 4 is 17.9 Å². The van der Waals surface area contributed by atoms with Crippen LogP contribution in [0.1, 0.15) is 34.6 Å². The summed E-state index contributed by atoms with van der Waals surface area (Å²) in [5.41, 5.74) is 0. The Hall–Kier alpha value is -1.63. The van der Waals surface area contributed by atoms with Crippen molar-refractivity contribution in [2.24, 2.45) is 5.92 Å². The van der Waals surface area contributed by atoms with Crippen molar-refractivity contribution < 1.29 is 33.3 Å². The first kappa shape index (κ1) is 17.4. The normalized spacial score (nSPS) is 32.1. The van der Waals surface area contributed by atoms with Crippen molar-refractivity contribution in [1.29, 1.82) is 0 Å². The highest BCUT2D eigenvalue weighted by Crippen LogP contribution is 2.30. The van der Waals surface area contributed by atoms with Gasteiger partial charge in [0.2, 0.25) is 0 Å². The van der Waals surface area contributed by atoms with Crippen LogP contribution in [0.25, 0.3) is 0 Å². The van der Waals surface area contributed by atoms with Gasteiger partial charge in [-0.15, -0.1) is 0 Å². The number of carbonyl (C=O) groups excluding carboxylic acids is 3. The second kappa shape index (κ2) is 7.40. The van der Waals surface area contributed by atoms with E-state index in [0.29, 0.717) is 0 Å². The Morgan fingerprint density at radius 2 is 1.43 bits per heavy atom. The second-order valence-corrected chi connectivity index (χ2v) is 5.19. The van der Waals surface area contributed by atoms with Crippen molar-refractivity contribution in [3.05, 3.63) is 0 Å². The van der Waals surface area contributed by atoms with Crippen molar-refractivity contribution in [2.75, 3.05) is 6.61 Å². The van der Waals surface area contributed by atoms with Crippen LogP contribution in [0, 0.1) is 5.92 Å². The number of hydrogen-bond acceptors (Lipinski definition) is 7. The molecule has 0 aromatic heterocycles. The van der Waals surface area contributed by atoms with Crippen LogP contribution >= 0.6 is 0 Å². The minimum Gasteiger partial charge on any atom is -0.463 e. The molecule has 0 aliphatic carbocycles. The Morgan fingerprint density at radius 3 is 1.90 bits per heavy atom. The summed E-state index contributed by atoms with van der Waals surface area (Å²) in [7, 11) is 0. The molecular weight excluding hydrogens is 280 g/mol. The summed E-state index contributed by atoms with van der Waals surface area (Å²) in [4.78, 5) is 33.4. The van der Waals surface area contributed by atoms with Crippen LogP contribution in [0.3, 0.4) is 0 Å². The van der Waals surface area contributed by atoms with Gasteiger partial charge in [-0.1, -0.05) is 6.92 Å². The van der Waals surface area contributed by atoms with Crippen molar-refractivity contribution in [1.82, 2.24) is 0 Å². The number of esters is 3. The van der Waals surface area contributed by atoms with E-state index in [1.165, 1.54) is 20.8 Å². The van der Waals surface area contributed by atoms with Crippen LogP contribution in [0.5, 0.6) is 0 Å². The SMILES string of the molecule is CC(=O)OC[C@H]1O[C@H](C)C(OC(C)=O)[C@@H](OC(C)=O)[C@@H]1C. The molecular formula is C14H22O7. The molecule has 1 heterocycles. The third kappa shape index (κ3) is 5.00. The highest BCUT2D eigenvalue weighted by atomic mass is 16.6. The Balaban J connectivity index is 2.87. The van der Waals surface area contributed by atoms with Gasteiger partial charge in [-0.25, -0.2) is 0 Å². The van der Waals surface area contributed by atoms with Crippen LogP contribution in [-0.2, 0) is 33.3 Å². The minimum atomic E-state index is -0.685. The van der Waals surface area contributed by atoms with Gasteiger partial charge < -0.3 is 18.9 Å². The molecule has 0 N–H and O–H groups in total. The third-order valence-electron chi connectivity index (χ3n) is 3.34. The van der Waals surface area contributed by atoms with E-state index in [-0.39, 0.29) is 12.5 Å². The van der Waals surface area contributed by atoms with Gasteiger partial charge in [0.25, 0.3) is 0 Å². The lowest BCUT2D eigenvalue weighted by atomic mass is 9.88. The molecule has 1 aliphatic heterocycles. The lowest BCUT2D eigenvalue weighted by Gasteiger charge is -2.43. The number of hydrogen-bond donors (Lipinski definition) is 0. The summed E-state index contributed by atoms with van der Waals surface area (Å²) < 4.78 is 21.2. The quantitative estimate of drug-likeness (QED) is 0.561. The maximum absolute atomic E-state index is 11.3. The van der Waals surface area contributed by atoms with Gasteiger partial charge in [-0.3, -0.25) is 14.4 Å². The lowest BCUT2D eigenvalue weighted by Crippen LogP contribution is -2.56. The molecule has 0 aromatic carbocycles. The summed E-state index contributed by atoms with van der Waals surface area (Å²) in [6.45, 7) is 7.46. The Bertz CT molecular complexity index is 406. The summed E-state index contributed by atoms with van der Waals surface area (Å²) in [5, 5.41) is 0. The molecule has 1 aliphatic rings. The molecule has 1 unspecified atom stereocenters. The number of carbonyl (C=O) groups is 3. The highest BCUT2D eigenvalue weighted by molar-refractivity contribution is 5.67. The maximum atomic E-state index is 11.3. The fourth-order valence-electron chi connectivity index (χ4n) is 2.37. The molecule has 120 valence electrons. The van der Waals surface area contributed by atoms with Crippen molar-refractivity contribution in [3.8, 4) is 0 Å². The predicted octanol–water partition coefficient (Wildman–Crippen LogP) is 0.836. The number of rotatable bonds is 4. The van der Waals surface area contributed by atoms with Gasteiger partial charge in [0, 0.05) is 26.7 Å². The van der Waals surface area contributed by atoms with Gasteiger partial charge in [-0.2, -0.15) is 0 Å². The molecule has 0 radical (unpaired) electrons. The Labute approximate surface area is 123 Å². The zero-order chi connectivity index (χ0) is 16.2. The molecule has 0 bridgehead atoms. The third-order valence-corrected chi connectivity index (χ3v) is 3.34. The van der Waals surface area contributed by atoms with E-state index in [1.807, 2.05) is 0 Å². The molecule has 7 nitrogen and oxygen atoms in total. The minimum absolute atomic E-state index is 0.0609. The first-order chi connectivity index (χ1) is 9.72. The molecule has 0 aromatic rings. The van der Waals surface area contributed by atoms with Gasteiger partial charge in [-0.05, 0) is 6.92 Å². The van der Waals surface area contributed by atoms with E-state index in [1.54, 1.807) is 13.8 Å². The molecule has 1 fully saturated rings. The van der Waals surface area contributed by atoms with E-state index in [0.717, 1.165) is 0 Å². The molecule has 0 saturated carbocycles. The first-order valence-corrected chi connectivity index (χ1v) is 6.85. The molecule has 7 heteroatoms. The lowest BCUT2D eigenvalue weighted by molar-refractivity contribution is -0.226. The summed E-state index contributed by atoms with van der Waals surface area (Å²) in [6.07, 6.45) is -2.24. The Morgan fingerprint density at radius 1 is 0.905 bits per heavy atom. The summed E-state index contributed by atoms with van der Waals surface area (Å²) in [5.74, 6) is -1.64. The zero-order valence-corrected chi connectivity index (χ0v) is 13.0. The van der Waals surface area contributed by atoms with Crippen LogP contribution in [0.2, 0.25) is 0 Å². The van der Waals surface area contributed by atoms with E-state index >= 15 is 0 Å². The van der Waals surface area contributed by atoms with Crippen LogP contribution in [-0.4, -0.2) is 48.9 Å². The largest absolute Gasteiger partial charge is 0.463 e. The molecule has 1 saturated heterocycles. The zero-order valence-electron chi connectivity index (χ0n) is 13.0. The van der Waals surface area contributed by atoms with Crippen molar-refractivity contribution in [2.45, 2.75) is 59.0 Å².